The van der Waals surface area contributed by atoms with Gasteiger partial charge in [-0.3, -0.25) is 0 Å². The fourth-order valence-corrected chi connectivity index (χ4v) is 1.83. The Hall–Kier alpha value is -0.0900. The summed E-state index contributed by atoms with van der Waals surface area (Å²) in [5.41, 5.74) is 0. The second-order valence-electron chi connectivity index (χ2n) is 4.16. The minimum Gasteiger partial charge on any atom is -0.391 e. The molecular weight excluding hydrogens is 176 g/mol. The first kappa shape index (κ1) is 9.99. The highest BCUT2D eigenvalue weighted by Crippen LogP contribution is 2.39. The van der Waals surface area contributed by atoms with Crippen LogP contribution in [0.5, 0.6) is 0 Å². The highest BCUT2D eigenvalue weighted by atomic mass is 32.2. The molecule has 0 aromatic rings. The van der Waals surface area contributed by atoms with Gasteiger partial charge in [-0.15, -0.1) is 0 Å². The van der Waals surface area contributed by atoms with Gasteiger partial charge in [-0.05, 0) is 32.6 Å². The van der Waals surface area contributed by atoms with Crippen LogP contribution in [-0.4, -0.2) is 30.6 Å². The van der Waals surface area contributed by atoms with E-state index in [1.807, 2.05) is 0 Å². The minimum absolute atomic E-state index is 0.203. The lowest BCUT2D eigenvalue weighted by Gasteiger charge is -2.28. The molecule has 1 aliphatic rings. The van der Waals surface area contributed by atoms with Crippen LogP contribution < -0.4 is 0 Å². The van der Waals surface area contributed by atoms with Crippen LogP contribution in [0, 0.1) is 5.92 Å². The molecule has 3 nitrogen and oxygen atoms in total. The lowest BCUT2D eigenvalue weighted by molar-refractivity contribution is 0.115. The van der Waals surface area contributed by atoms with Crippen LogP contribution in [0.15, 0.2) is 0 Å². The van der Waals surface area contributed by atoms with Crippen LogP contribution in [-0.2, 0) is 9.84 Å². The van der Waals surface area contributed by atoms with Gasteiger partial charge < -0.3 is 5.11 Å². The molecule has 0 aromatic carbocycles. The van der Waals surface area contributed by atoms with Gasteiger partial charge in [0, 0.05) is 6.26 Å². The summed E-state index contributed by atoms with van der Waals surface area (Å²) in [6.45, 7) is 3.18. The van der Waals surface area contributed by atoms with Crippen LogP contribution in [0.2, 0.25) is 0 Å². The lowest BCUT2D eigenvalue weighted by atomic mass is 10.0. The molecule has 1 fully saturated rings. The smallest absolute Gasteiger partial charge is 0.155 e. The molecule has 0 spiro atoms. The maximum atomic E-state index is 11.3. The summed E-state index contributed by atoms with van der Waals surface area (Å²) in [4.78, 5) is 0. The molecule has 1 atom stereocenters. The van der Waals surface area contributed by atoms with E-state index in [-0.39, 0.29) is 5.92 Å². The largest absolute Gasteiger partial charge is 0.391 e. The molecule has 1 rings (SSSR count). The zero-order valence-corrected chi connectivity index (χ0v) is 8.56. The number of hydrogen-bond acceptors (Lipinski definition) is 3. The molecule has 0 bridgehead atoms. The SMILES string of the molecule is CC(C)(C(O)C1CC1)S(C)(=O)=O. The fourth-order valence-electron chi connectivity index (χ4n) is 1.20. The van der Waals surface area contributed by atoms with Crippen molar-refractivity contribution in [2.24, 2.45) is 5.92 Å². The quantitative estimate of drug-likeness (QED) is 0.711. The zero-order chi connectivity index (χ0) is 9.57. The van der Waals surface area contributed by atoms with Gasteiger partial charge in [-0.2, -0.15) is 0 Å². The van der Waals surface area contributed by atoms with Crippen molar-refractivity contribution in [2.45, 2.75) is 37.5 Å². The summed E-state index contributed by atoms with van der Waals surface area (Å²) in [6, 6.07) is 0. The molecule has 1 aliphatic carbocycles. The Bertz CT molecular complexity index is 262. The number of hydrogen-bond donors (Lipinski definition) is 1. The van der Waals surface area contributed by atoms with E-state index in [1.165, 1.54) is 6.26 Å². The van der Waals surface area contributed by atoms with Crippen LogP contribution in [0.3, 0.4) is 0 Å². The van der Waals surface area contributed by atoms with E-state index in [0.717, 1.165) is 12.8 Å². The third kappa shape index (κ3) is 1.64. The number of sulfone groups is 1. The molecule has 72 valence electrons. The molecule has 0 radical (unpaired) electrons. The third-order valence-electron chi connectivity index (χ3n) is 2.74. The predicted octanol–water partition coefficient (Wildman–Crippen LogP) is 0.581. The molecule has 0 aliphatic heterocycles. The second kappa shape index (κ2) is 2.70. The van der Waals surface area contributed by atoms with E-state index in [4.69, 9.17) is 0 Å². The van der Waals surface area contributed by atoms with Gasteiger partial charge in [0.25, 0.3) is 0 Å². The van der Waals surface area contributed by atoms with Crippen LogP contribution >= 0.6 is 0 Å². The summed E-state index contributed by atoms with van der Waals surface area (Å²) >= 11 is 0. The second-order valence-corrected chi connectivity index (χ2v) is 6.75. The summed E-state index contributed by atoms with van der Waals surface area (Å²) in [6.07, 6.45) is 2.39. The summed E-state index contributed by atoms with van der Waals surface area (Å²) in [5.74, 6) is 0.203. The topological polar surface area (TPSA) is 54.4 Å². The van der Waals surface area contributed by atoms with Crippen LogP contribution in [0.25, 0.3) is 0 Å². The van der Waals surface area contributed by atoms with Gasteiger partial charge in [0.2, 0.25) is 0 Å². The lowest BCUT2D eigenvalue weighted by Crippen LogP contribution is -2.44. The van der Waals surface area contributed by atoms with Crippen molar-refractivity contribution in [3.8, 4) is 0 Å². The zero-order valence-electron chi connectivity index (χ0n) is 7.74. The van der Waals surface area contributed by atoms with Crippen molar-refractivity contribution in [3.05, 3.63) is 0 Å². The van der Waals surface area contributed by atoms with Crippen molar-refractivity contribution >= 4 is 9.84 Å². The highest BCUT2D eigenvalue weighted by molar-refractivity contribution is 7.92. The first-order valence-electron chi connectivity index (χ1n) is 4.14. The highest BCUT2D eigenvalue weighted by Gasteiger charge is 2.45. The molecule has 0 aromatic heterocycles. The van der Waals surface area contributed by atoms with E-state index in [0.29, 0.717) is 0 Å². The van der Waals surface area contributed by atoms with Crippen molar-refractivity contribution in [1.29, 1.82) is 0 Å². The number of rotatable bonds is 3. The minimum atomic E-state index is -3.16. The average molecular weight is 192 g/mol. The number of aliphatic hydroxyl groups excluding tert-OH is 1. The monoisotopic (exact) mass is 192 g/mol. The molecule has 0 amide bonds. The van der Waals surface area contributed by atoms with Gasteiger partial charge >= 0.3 is 0 Å². The molecule has 0 heterocycles. The summed E-state index contributed by atoms with van der Waals surface area (Å²) < 4.78 is 21.5. The standard InChI is InChI=1S/C8H16O3S/c1-8(2,12(3,10)11)7(9)6-4-5-6/h6-7,9H,4-5H2,1-3H3. The Morgan fingerprint density at radius 2 is 1.83 bits per heavy atom. The van der Waals surface area contributed by atoms with Gasteiger partial charge in [-0.1, -0.05) is 0 Å². The maximum absolute atomic E-state index is 11.3. The normalized spacial score (nSPS) is 22.3. The Balaban J connectivity index is 2.83. The van der Waals surface area contributed by atoms with Crippen LogP contribution in [0.1, 0.15) is 26.7 Å². The molecular formula is C8H16O3S. The molecule has 0 saturated heterocycles. The predicted molar refractivity (Wildman–Crippen MR) is 47.7 cm³/mol. The Kier molecular flexibility index (Phi) is 2.25. The van der Waals surface area contributed by atoms with Crippen molar-refractivity contribution in [1.82, 2.24) is 0 Å². The molecule has 12 heavy (non-hydrogen) atoms. The third-order valence-corrected chi connectivity index (χ3v) is 4.89. The van der Waals surface area contributed by atoms with E-state index >= 15 is 0 Å². The Morgan fingerprint density at radius 1 is 1.42 bits per heavy atom. The number of aliphatic hydroxyl groups is 1. The first-order valence-corrected chi connectivity index (χ1v) is 6.03. The van der Waals surface area contributed by atoms with E-state index < -0.39 is 20.7 Å². The fraction of sp³-hybridized carbons (Fsp3) is 1.00. The van der Waals surface area contributed by atoms with Gasteiger partial charge in [0.15, 0.2) is 9.84 Å². The summed E-state index contributed by atoms with van der Waals surface area (Å²) in [7, 11) is -3.16. The van der Waals surface area contributed by atoms with Crippen LogP contribution in [0.4, 0.5) is 0 Å². The van der Waals surface area contributed by atoms with E-state index in [1.54, 1.807) is 13.8 Å². The molecule has 4 heteroatoms. The molecule has 1 N–H and O–H groups in total. The van der Waals surface area contributed by atoms with E-state index in [9.17, 15) is 13.5 Å². The average Bonchev–Trinajstić information content (AvgIpc) is 2.64. The van der Waals surface area contributed by atoms with Gasteiger partial charge in [-0.25, -0.2) is 8.42 Å². The van der Waals surface area contributed by atoms with Gasteiger partial charge in [0.1, 0.15) is 0 Å². The van der Waals surface area contributed by atoms with Crippen molar-refractivity contribution in [3.63, 3.8) is 0 Å². The Labute approximate surface area is 73.7 Å². The van der Waals surface area contributed by atoms with Gasteiger partial charge in [0.05, 0.1) is 10.9 Å². The first-order chi connectivity index (χ1) is 5.27. The van der Waals surface area contributed by atoms with Crippen molar-refractivity contribution < 1.29 is 13.5 Å². The Morgan fingerprint density at radius 3 is 2.08 bits per heavy atom. The summed E-state index contributed by atoms with van der Waals surface area (Å²) in [5, 5.41) is 9.67. The molecule has 1 saturated carbocycles. The maximum Gasteiger partial charge on any atom is 0.155 e. The van der Waals surface area contributed by atoms with Crippen molar-refractivity contribution in [2.75, 3.05) is 6.26 Å². The van der Waals surface area contributed by atoms with E-state index in [2.05, 4.69) is 0 Å². The molecule has 1 unspecified atom stereocenters.